The van der Waals surface area contributed by atoms with Gasteiger partial charge in [-0.05, 0) is 85.0 Å². The third kappa shape index (κ3) is 7.74. The molecule has 6 nitrogen and oxygen atoms in total. The normalized spacial score (nSPS) is 18.3. The van der Waals surface area contributed by atoms with Crippen LogP contribution in [0.3, 0.4) is 0 Å². The van der Waals surface area contributed by atoms with Crippen molar-refractivity contribution in [3.8, 4) is 11.5 Å². The Morgan fingerprint density at radius 1 is 0.974 bits per heavy atom. The fraction of sp³-hybridized carbons (Fsp3) is 0.438. The molecule has 0 saturated carbocycles. The van der Waals surface area contributed by atoms with Crippen molar-refractivity contribution in [2.45, 2.75) is 45.1 Å². The van der Waals surface area contributed by atoms with E-state index in [0.29, 0.717) is 17.4 Å². The largest absolute Gasteiger partial charge is 0.492 e. The van der Waals surface area contributed by atoms with Crippen molar-refractivity contribution in [2.24, 2.45) is 5.41 Å². The first-order valence-electron chi connectivity index (χ1n) is 14.1. The monoisotopic (exact) mass is 547 g/mol. The average molecular weight is 548 g/mol. The van der Waals surface area contributed by atoms with Gasteiger partial charge in [0, 0.05) is 50.1 Å². The number of halogens is 1. The number of aromatic nitrogens is 1. The lowest BCUT2D eigenvalue weighted by atomic mass is 9.73. The Labute approximate surface area is 236 Å². The van der Waals surface area contributed by atoms with E-state index in [-0.39, 0.29) is 17.9 Å². The summed E-state index contributed by atoms with van der Waals surface area (Å²) in [4.78, 5) is 21.8. The van der Waals surface area contributed by atoms with Crippen molar-refractivity contribution in [3.05, 3.63) is 89.2 Å². The number of fused-ring (bicyclic) bond motifs is 1. The molecular weight excluding hydrogens is 510 g/mol. The zero-order valence-electron chi connectivity index (χ0n) is 22.6. The molecule has 3 heterocycles. The first-order chi connectivity index (χ1) is 19.1. The number of likely N-dealkylation sites (tertiary alicyclic amines) is 1. The second kappa shape index (κ2) is 13.3. The average Bonchev–Trinajstić information content (AvgIpc) is 2.96. The minimum absolute atomic E-state index is 0.0465. The molecule has 7 heteroatoms. The van der Waals surface area contributed by atoms with Gasteiger partial charge in [-0.15, -0.1) is 0 Å². The number of hydrogen-bond acceptors (Lipinski definition) is 5. The smallest absolute Gasteiger partial charge is 0.260 e. The molecule has 206 valence electrons. The van der Waals surface area contributed by atoms with Crippen LogP contribution in [0.4, 0.5) is 0 Å². The van der Waals surface area contributed by atoms with Crippen LogP contribution in [0, 0.1) is 5.41 Å². The topological polar surface area (TPSA) is 54.9 Å². The number of aryl methyl sites for hydroxylation is 1. The number of ether oxygens (including phenoxy) is 2. The predicted molar refractivity (Wildman–Crippen MR) is 154 cm³/mol. The molecular formula is C32H38ClN3O3. The van der Waals surface area contributed by atoms with E-state index in [4.69, 9.17) is 21.1 Å². The fourth-order valence-electron chi connectivity index (χ4n) is 5.87. The molecule has 0 bridgehead atoms. The highest BCUT2D eigenvalue weighted by molar-refractivity contribution is 6.30. The third-order valence-corrected chi connectivity index (χ3v) is 8.33. The number of benzene rings is 2. The molecule has 0 radical (unpaired) electrons. The van der Waals surface area contributed by atoms with Crippen molar-refractivity contribution >= 4 is 17.5 Å². The van der Waals surface area contributed by atoms with Crippen LogP contribution in [0.1, 0.15) is 43.2 Å². The SMILES string of the molecule is O=C(COc1ccc(Cl)cc1)N1CCC2(CCCCc3ccccc3OCCN(Cc3cccnc3)C2)CC1. The van der Waals surface area contributed by atoms with Crippen LogP contribution in [-0.2, 0) is 17.8 Å². The summed E-state index contributed by atoms with van der Waals surface area (Å²) in [5, 5.41) is 0.653. The molecule has 2 aliphatic heterocycles. The number of rotatable bonds is 5. The molecule has 0 aliphatic carbocycles. The number of piperidine rings is 1. The summed E-state index contributed by atoms with van der Waals surface area (Å²) >= 11 is 5.96. The molecule has 1 aromatic heterocycles. The quantitative estimate of drug-likeness (QED) is 0.390. The minimum Gasteiger partial charge on any atom is -0.492 e. The van der Waals surface area contributed by atoms with Gasteiger partial charge in [-0.25, -0.2) is 0 Å². The standard InChI is InChI=1S/C32H38ClN3O3/c33-28-10-12-29(13-11-28)39-24-31(37)36-18-15-32(16-19-36)14-4-3-8-27-7-1-2-9-30(27)38-21-20-35(25-32)23-26-6-5-17-34-22-26/h1-2,5-7,9-13,17,22H,3-4,8,14-16,18-21,23-25H2. The lowest BCUT2D eigenvalue weighted by Gasteiger charge is -2.45. The number of hydrogen-bond donors (Lipinski definition) is 0. The fourth-order valence-corrected chi connectivity index (χ4v) is 6.00. The summed E-state index contributed by atoms with van der Waals surface area (Å²) in [7, 11) is 0. The van der Waals surface area contributed by atoms with Gasteiger partial charge < -0.3 is 14.4 Å². The third-order valence-electron chi connectivity index (χ3n) is 8.08. The van der Waals surface area contributed by atoms with Crippen LogP contribution in [0.15, 0.2) is 73.1 Å². The van der Waals surface area contributed by atoms with Crippen LogP contribution in [-0.4, -0.2) is 60.1 Å². The van der Waals surface area contributed by atoms with Gasteiger partial charge in [0.1, 0.15) is 18.1 Å². The van der Waals surface area contributed by atoms with Gasteiger partial charge >= 0.3 is 0 Å². The van der Waals surface area contributed by atoms with Crippen molar-refractivity contribution in [2.75, 3.05) is 39.4 Å². The molecule has 1 amide bonds. The van der Waals surface area contributed by atoms with Gasteiger partial charge in [0.2, 0.25) is 0 Å². The lowest BCUT2D eigenvalue weighted by molar-refractivity contribution is -0.136. The molecule has 1 spiro atoms. The van der Waals surface area contributed by atoms with E-state index in [0.717, 1.165) is 64.2 Å². The Balaban J connectivity index is 1.25. The lowest BCUT2D eigenvalue weighted by Crippen LogP contribution is -2.49. The van der Waals surface area contributed by atoms with Crippen molar-refractivity contribution in [1.82, 2.24) is 14.8 Å². The highest BCUT2D eigenvalue weighted by atomic mass is 35.5. The molecule has 1 saturated heterocycles. The first-order valence-corrected chi connectivity index (χ1v) is 14.4. The number of carbonyl (C=O) groups is 1. The van der Waals surface area contributed by atoms with E-state index < -0.39 is 0 Å². The number of amides is 1. The molecule has 39 heavy (non-hydrogen) atoms. The van der Waals surface area contributed by atoms with Crippen LogP contribution in [0.2, 0.25) is 5.02 Å². The first kappa shape index (κ1) is 27.5. The molecule has 2 aromatic carbocycles. The Kier molecular flexibility index (Phi) is 9.38. The maximum absolute atomic E-state index is 13.0. The molecule has 5 rings (SSSR count). The van der Waals surface area contributed by atoms with E-state index >= 15 is 0 Å². The summed E-state index contributed by atoms with van der Waals surface area (Å²) in [5.74, 6) is 1.72. The minimum atomic E-state index is 0.0465. The highest BCUT2D eigenvalue weighted by Gasteiger charge is 2.37. The van der Waals surface area contributed by atoms with E-state index in [1.54, 1.807) is 24.3 Å². The Morgan fingerprint density at radius 3 is 2.59 bits per heavy atom. The van der Waals surface area contributed by atoms with E-state index in [1.165, 1.54) is 24.0 Å². The molecule has 0 unspecified atom stereocenters. The van der Waals surface area contributed by atoms with Crippen molar-refractivity contribution < 1.29 is 14.3 Å². The second-order valence-corrected chi connectivity index (χ2v) is 11.3. The molecule has 3 aromatic rings. The zero-order chi connectivity index (χ0) is 26.9. The van der Waals surface area contributed by atoms with Gasteiger partial charge in [-0.1, -0.05) is 42.3 Å². The van der Waals surface area contributed by atoms with Crippen molar-refractivity contribution in [3.63, 3.8) is 0 Å². The van der Waals surface area contributed by atoms with Gasteiger partial charge in [-0.3, -0.25) is 14.7 Å². The van der Waals surface area contributed by atoms with Crippen LogP contribution in [0.25, 0.3) is 0 Å². The van der Waals surface area contributed by atoms with Gasteiger partial charge in [0.05, 0.1) is 0 Å². The molecule has 0 atom stereocenters. The number of nitrogens with zero attached hydrogens (tertiary/aromatic N) is 3. The second-order valence-electron chi connectivity index (χ2n) is 10.9. The molecule has 2 aliphatic rings. The summed E-state index contributed by atoms with van der Waals surface area (Å²) < 4.78 is 12.0. The molecule has 1 fully saturated rings. The van der Waals surface area contributed by atoms with E-state index in [9.17, 15) is 4.79 Å². The predicted octanol–water partition coefficient (Wildman–Crippen LogP) is 6.03. The zero-order valence-corrected chi connectivity index (χ0v) is 23.3. The van der Waals surface area contributed by atoms with Gasteiger partial charge in [0.25, 0.3) is 5.91 Å². The summed E-state index contributed by atoms with van der Waals surface area (Å²) in [5.41, 5.74) is 2.69. The van der Waals surface area contributed by atoms with E-state index in [1.807, 2.05) is 23.4 Å². The summed E-state index contributed by atoms with van der Waals surface area (Å²) in [6.07, 6.45) is 10.3. The van der Waals surface area contributed by atoms with E-state index in [2.05, 4.69) is 40.2 Å². The van der Waals surface area contributed by atoms with Crippen LogP contribution < -0.4 is 9.47 Å². The van der Waals surface area contributed by atoms with Crippen molar-refractivity contribution in [1.29, 1.82) is 0 Å². The Morgan fingerprint density at radius 2 is 1.79 bits per heavy atom. The Hall–Kier alpha value is -3.09. The highest BCUT2D eigenvalue weighted by Crippen LogP contribution is 2.39. The van der Waals surface area contributed by atoms with Gasteiger partial charge in [0.15, 0.2) is 6.61 Å². The van der Waals surface area contributed by atoms with Crippen LogP contribution >= 0.6 is 11.6 Å². The van der Waals surface area contributed by atoms with Gasteiger partial charge in [-0.2, -0.15) is 0 Å². The summed E-state index contributed by atoms with van der Waals surface area (Å²) in [6, 6.07) is 19.7. The molecule has 0 N–H and O–H groups in total. The number of pyridine rings is 1. The maximum atomic E-state index is 13.0. The summed E-state index contributed by atoms with van der Waals surface area (Å²) in [6.45, 7) is 4.93. The maximum Gasteiger partial charge on any atom is 0.260 e. The number of para-hydroxylation sites is 1. The number of carbonyl (C=O) groups excluding carboxylic acids is 1. The van der Waals surface area contributed by atoms with Crippen LogP contribution in [0.5, 0.6) is 11.5 Å². The Bertz CT molecular complexity index is 1200.